The predicted molar refractivity (Wildman–Crippen MR) is 84.4 cm³/mol. The van der Waals surface area contributed by atoms with E-state index < -0.39 is 11.5 Å². The molecule has 0 spiro atoms. The van der Waals surface area contributed by atoms with Crippen LogP contribution in [0, 0.1) is 0 Å². The predicted octanol–water partition coefficient (Wildman–Crippen LogP) is 2.48. The average Bonchev–Trinajstić information content (AvgIpc) is 2.49. The lowest BCUT2D eigenvalue weighted by atomic mass is 9.92. The van der Waals surface area contributed by atoms with Crippen molar-refractivity contribution >= 4 is 23.6 Å². The molecule has 2 N–H and O–H groups in total. The number of carbonyl (C=O) groups excluding carboxylic acids is 1. The summed E-state index contributed by atoms with van der Waals surface area (Å²) in [4.78, 5) is 23.5. The zero-order valence-electron chi connectivity index (χ0n) is 12.0. The molecule has 1 amide bonds. The Morgan fingerprint density at radius 1 is 1.19 bits per heavy atom. The van der Waals surface area contributed by atoms with E-state index in [4.69, 9.17) is 0 Å². The Labute approximate surface area is 129 Å². The van der Waals surface area contributed by atoms with Crippen molar-refractivity contribution in [3.8, 4) is 0 Å². The van der Waals surface area contributed by atoms with Gasteiger partial charge in [0.2, 0.25) is 5.91 Å². The minimum Gasteiger partial charge on any atom is -0.480 e. The topological polar surface area (TPSA) is 66.4 Å². The maximum atomic E-state index is 12.0. The van der Waals surface area contributed by atoms with E-state index in [1.54, 1.807) is 11.8 Å². The van der Waals surface area contributed by atoms with Gasteiger partial charge in [-0.05, 0) is 42.8 Å². The molecule has 0 unspecified atom stereocenters. The highest BCUT2D eigenvalue weighted by molar-refractivity contribution is 7.99. The van der Waals surface area contributed by atoms with Gasteiger partial charge in [-0.2, -0.15) is 11.8 Å². The molecule has 1 fully saturated rings. The Bertz CT molecular complexity index is 484. The Balaban J connectivity index is 1.81. The van der Waals surface area contributed by atoms with E-state index in [-0.39, 0.29) is 5.91 Å². The van der Waals surface area contributed by atoms with E-state index in [2.05, 4.69) is 5.32 Å². The quantitative estimate of drug-likeness (QED) is 0.847. The Morgan fingerprint density at radius 2 is 1.86 bits per heavy atom. The summed E-state index contributed by atoms with van der Waals surface area (Å²) in [6.07, 6.45) is 2.97. The molecule has 1 aliphatic rings. The zero-order valence-corrected chi connectivity index (χ0v) is 12.8. The van der Waals surface area contributed by atoms with Crippen LogP contribution in [0.2, 0.25) is 0 Å². The van der Waals surface area contributed by atoms with Gasteiger partial charge in [-0.15, -0.1) is 0 Å². The molecule has 0 saturated carbocycles. The first kappa shape index (κ1) is 15.9. The molecule has 1 saturated heterocycles. The van der Waals surface area contributed by atoms with Crippen LogP contribution < -0.4 is 5.32 Å². The van der Waals surface area contributed by atoms with Crippen LogP contribution in [0.3, 0.4) is 0 Å². The van der Waals surface area contributed by atoms with Gasteiger partial charge >= 0.3 is 5.97 Å². The van der Waals surface area contributed by atoms with Crippen LogP contribution in [0.5, 0.6) is 0 Å². The van der Waals surface area contributed by atoms with Crippen LogP contribution in [-0.2, 0) is 16.0 Å². The number of carboxylic acids is 1. The number of aliphatic carboxylic acids is 1. The van der Waals surface area contributed by atoms with Gasteiger partial charge in [-0.1, -0.05) is 30.3 Å². The fourth-order valence-corrected chi connectivity index (χ4v) is 3.73. The van der Waals surface area contributed by atoms with Gasteiger partial charge in [-0.25, -0.2) is 4.79 Å². The molecule has 0 bridgehead atoms. The molecule has 0 atom stereocenters. The minimum atomic E-state index is -1.05. The third-order valence-corrected chi connectivity index (χ3v) is 4.83. The van der Waals surface area contributed by atoms with Crippen molar-refractivity contribution in [3.05, 3.63) is 35.9 Å². The van der Waals surface area contributed by atoms with Crippen molar-refractivity contribution in [1.82, 2.24) is 5.32 Å². The number of amides is 1. The first-order valence-electron chi connectivity index (χ1n) is 7.28. The zero-order chi connectivity index (χ0) is 15.1. The largest absolute Gasteiger partial charge is 0.480 e. The minimum absolute atomic E-state index is 0.153. The SMILES string of the molecule is O=C(CCCc1ccccc1)NC1(C(=O)O)CCSCC1. The third-order valence-electron chi connectivity index (χ3n) is 3.85. The summed E-state index contributed by atoms with van der Waals surface area (Å²) in [7, 11) is 0. The highest BCUT2D eigenvalue weighted by Gasteiger charge is 2.40. The average molecular weight is 307 g/mol. The van der Waals surface area contributed by atoms with Crippen LogP contribution in [0.15, 0.2) is 30.3 Å². The van der Waals surface area contributed by atoms with Gasteiger partial charge in [0.1, 0.15) is 5.54 Å². The summed E-state index contributed by atoms with van der Waals surface area (Å²) in [6.45, 7) is 0. The molecule has 1 aromatic carbocycles. The summed E-state index contributed by atoms with van der Waals surface area (Å²) in [6, 6.07) is 10.0. The Morgan fingerprint density at radius 3 is 2.48 bits per heavy atom. The van der Waals surface area contributed by atoms with Crippen LogP contribution in [0.25, 0.3) is 0 Å². The molecule has 21 heavy (non-hydrogen) atoms. The van der Waals surface area contributed by atoms with Gasteiger partial charge < -0.3 is 10.4 Å². The summed E-state index contributed by atoms with van der Waals surface area (Å²) < 4.78 is 0. The normalized spacial score (nSPS) is 17.1. The highest BCUT2D eigenvalue weighted by atomic mass is 32.2. The Kier molecular flexibility index (Phi) is 5.67. The monoisotopic (exact) mass is 307 g/mol. The summed E-state index contributed by atoms with van der Waals surface area (Å²) in [5.74, 6) is 0.521. The van der Waals surface area contributed by atoms with Crippen molar-refractivity contribution < 1.29 is 14.7 Å². The van der Waals surface area contributed by atoms with Gasteiger partial charge in [0.05, 0.1) is 0 Å². The van der Waals surface area contributed by atoms with Crippen LogP contribution in [-0.4, -0.2) is 34.0 Å². The van der Waals surface area contributed by atoms with E-state index >= 15 is 0 Å². The van der Waals surface area contributed by atoms with Crippen molar-refractivity contribution in [2.24, 2.45) is 0 Å². The first-order valence-corrected chi connectivity index (χ1v) is 8.44. The molecule has 1 aliphatic heterocycles. The first-order chi connectivity index (χ1) is 10.1. The van der Waals surface area contributed by atoms with E-state index in [1.807, 2.05) is 30.3 Å². The molecule has 1 aromatic rings. The molecule has 1 heterocycles. The number of rotatable bonds is 6. The van der Waals surface area contributed by atoms with Crippen LogP contribution in [0.1, 0.15) is 31.2 Å². The number of carbonyl (C=O) groups is 2. The number of aryl methyl sites for hydroxylation is 1. The van der Waals surface area contributed by atoms with Gasteiger partial charge in [0.15, 0.2) is 0 Å². The van der Waals surface area contributed by atoms with E-state index in [1.165, 1.54) is 5.56 Å². The smallest absolute Gasteiger partial charge is 0.329 e. The number of nitrogens with one attached hydrogen (secondary N) is 1. The molecule has 0 aromatic heterocycles. The molecule has 5 heteroatoms. The molecule has 4 nitrogen and oxygen atoms in total. The molecule has 0 radical (unpaired) electrons. The lowest BCUT2D eigenvalue weighted by Gasteiger charge is -2.33. The highest BCUT2D eigenvalue weighted by Crippen LogP contribution is 2.27. The molecule has 2 rings (SSSR count). The number of benzene rings is 1. The lowest BCUT2D eigenvalue weighted by Crippen LogP contribution is -2.56. The molecule has 0 aliphatic carbocycles. The number of carboxylic acid groups (broad SMARTS) is 1. The molecule has 114 valence electrons. The lowest BCUT2D eigenvalue weighted by molar-refractivity contribution is -0.148. The number of hydrogen-bond acceptors (Lipinski definition) is 3. The fraction of sp³-hybridized carbons (Fsp3) is 0.500. The van der Waals surface area contributed by atoms with E-state index in [9.17, 15) is 14.7 Å². The maximum Gasteiger partial charge on any atom is 0.329 e. The number of thioether (sulfide) groups is 1. The molecular formula is C16H21NO3S. The van der Waals surface area contributed by atoms with E-state index in [0.717, 1.165) is 24.3 Å². The fourth-order valence-electron chi connectivity index (χ4n) is 2.54. The third kappa shape index (κ3) is 4.49. The van der Waals surface area contributed by atoms with Crippen LogP contribution >= 0.6 is 11.8 Å². The van der Waals surface area contributed by atoms with Crippen molar-refractivity contribution in [2.75, 3.05) is 11.5 Å². The standard InChI is InChI=1S/C16H21NO3S/c18-14(8-4-7-13-5-2-1-3-6-13)17-16(15(19)20)9-11-21-12-10-16/h1-3,5-6H,4,7-12H2,(H,17,18)(H,19,20). The second-order valence-corrected chi connectivity index (χ2v) is 6.61. The second-order valence-electron chi connectivity index (χ2n) is 5.39. The van der Waals surface area contributed by atoms with Crippen molar-refractivity contribution in [2.45, 2.75) is 37.6 Å². The van der Waals surface area contributed by atoms with Gasteiger partial charge in [0.25, 0.3) is 0 Å². The second kappa shape index (κ2) is 7.50. The maximum absolute atomic E-state index is 12.0. The summed E-state index contributed by atoms with van der Waals surface area (Å²) in [5.41, 5.74) is 0.155. The van der Waals surface area contributed by atoms with E-state index in [0.29, 0.717) is 19.3 Å². The van der Waals surface area contributed by atoms with Gasteiger partial charge in [-0.3, -0.25) is 4.79 Å². The number of hydrogen-bond donors (Lipinski definition) is 2. The summed E-state index contributed by atoms with van der Waals surface area (Å²) >= 11 is 1.74. The van der Waals surface area contributed by atoms with Gasteiger partial charge in [0, 0.05) is 6.42 Å². The van der Waals surface area contributed by atoms with Crippen molar-refractivity contribution in [1.29, 1.82) is 0 Å². The molecular weight excluding hydrogens is 286 g/mol. The van der Waals surface area contributed by atoms with Crippen LogP contribution in [0.4, 0.5) is 0 Å². The Hall–Kier alpha value is -1.49. The van der Waals surface area contributed by atoms with Crippen molar-refractivity contribution in [3.63, 3.8) is 0 Å². The summed E-state index contributed by atoms with van der Waals surface area (Å²) in [5, 5.41) is 12.2.